The molecule has 5 nitrogen and oxygen atoms in total. The average molecular weight is 302 g/mol. The van der Waals surface area contributed by atoms with Gasteiger partial charge in [-0.15, -0.1) is 0 Å². The van der Waals surface area contributed by atoms with Crippen LogP contribution in [0.3, 0.4) is 0 Å². The van der Waals surface area contributed by atoms with Gasteiger partial charge in [0.1, 0.15) is 5.82 Å². The van der Waals surface area contributed by atoms with Crippen molar-refractivity contribution in [2.45, 2.75) is 6.04 Å². The monoisotopic (exact) mass is 301 g/mol. The molecule has 1 aromatic carbocycles. The summed E-state index contributed by atoms with van der Waals surface area (Å²) in [4.78, 5) is 22.7. The third-order valence-corrected chi connectivity index (χ3v) is 2.72. The first-order chi connectivity index (χ1) is 9.49. The molecule has 108 valence electrons. The maximum absolute atomic E-state index is 13.4. The number of amides is 1. The van der Waals surface area contributed by atoms with Gasteiger partial charge < -0.3 is 15.2 Å². The Morgan fingerprint density at radius 3 is 2.80 bits per heavy atom. The third kappa shape index (κ3) is 4.32. The molecule has 1 aromatic rings. The van der Waals surface area contributed by atoms with Gasteiger partial charge in [0.25, 0.3) is 0 Å². The van der Waals surface area contributed by atoms with Crippen molar-refractivity contribution in [2.75, 3.05) is 13.7 Å². The highest BCUT2D eigenvalue weighted by molar-refractivity contribution is 6.32. The lowest BCUT2D eigenvalue weighted by Crippen LogP contribution is -2.43. The van der Waals surface area contributed by atoms with E-state index >= 15 is 0 Å². The van der Waals surface area contributed by atoms with Gasteiger partial charge in [0.15, 0.2) is 6.04 Å². The number of carbonyl (C=O) groups excluding carboxylic acids is 2. The van der Waals surface area contributed by atoms with Crippen molar-refractivity contribution in [1.29, 1.82) is 0 Å². The Morgan fingerprint density at radius 2 is 2.25 bits per heavy atom. The van der Waals surface area contributed by atoms with Gasteiger partial charge >= 0.3 is 5.97 Å². The quantitative estimate of drug-likeness (QED) is 0.632. The molecule has 0 radical (unpaired) electrons. The van der Waals surface area contributed by atoms with Crippen LogP contribution in [-0.4, -0.2) is 36.7 Å². The number of hydrogen-bond acceptors (Lipinski definition) is 4. The number of esters is 1. The molecule has 2 N–H and O–H groups in total. The number of benzene rings is 1. The zero-order chi connectivity index (χ0) is 15.1. The molecule has 0 aliphatic heterocycles. The van der Waals surface area contributed by atoms with Crippen LogP contribution in [0, 0.1) is 5.82 Å². The van der Waals surface area contributed by atoms with Crippen LogP contribution >= 0.6 is 11.6 Å². The van der Waals surface area contributed by atoms with Crippen LogP contribution in [0.5, 0.6) is 0 Å². The van der Waals surface area contributed by atoms with Crippen molar-refractivity contribution in [1.82, 2.24) is 5.32 Å². The minimum absolute atomic E-state index is 0.0583. The van der Waals surface area contributed by atoms with Gasteiger partial charge in [0, 0.05) is 11.6 Å². The fraction of sp³-hybridized carbons (Fsp3) is 0.231. The lowest BCUT2D eigenvalue weighted by atomic mass is 10.2. The molecule has 0 spiro atoms. The fourth-order valence-corrected chi connectivity index (χ4v) is 1.60. The maximum Gasteiger partial charge on any atom is 0.330 e. The largest absolute Gasteiger partial charge is 0.467 e. The van der Waals surface area contributed by atoms with Gasteiger partial charge in [-0.1, -0.05) is 17.7 Å². The van der Waals surface area contributed by atoms with Gasteiger partial charge in [-0.3, -0.25) is 4.79 Å². The summed E-state index contributed by atoms with van der Waals surface area (Å²) in [5.74, 6) is -2.04. The zero-order valence-corrected chi connectivity index (χ0v) is 11.4. The van der Waals surface area contributed by atoms with Crippen LogP contribution in [0.1, 0.15) is 5.56 Å². The van der Waals surface area contributed by atoms with Crippen LogP contribution in [0.15, 0.2) is 24.3 Å². The van der Waals surface area contributed by atoms with Crippen LogP contribution < -0.4 is 5.32 Å². The second-order valence-electron chi connectivity index (χ2n) is 3.74. The Kier molecular flexibility index (Phi) is 6.14. The van der Waals surface area contributed by atoms with E-state index in [0.29, 0.717) is 0 Å². The summed E-state index contributed by atoms with van der Waals surface area (Å²) in [7, 11) is 1.13. The molecule has 1 amide bonds. The van der Waals surface area contributed by atoms with Crippen molar-refractivity contribution in [3.63, 3.8) is 0 Å². The molecule has 0 fully saturated rings. The molecule has 0 bridgehead atoms. The summed E-state index contributed by atoms with van der Waals surface area (Å²) in [5.41, 5.74) is 0.0583. The molecule has 1 atom stereocenters. The van der Waals surface area contributed by atoms with Gasteiger partial charge in [0.2, 0.25) is 5.91 Å². The highest BCUT2D eigenvalue weighted by Crippen LogP contribution is 2.20. The molecule has 0 saturated heterocycles. The summed E-state index contributed by atoms with van der Waals surface area (Å²) in [6.07, 6.45) is 2.19. The molecule has 0 aliphatic carbocycles. The Balaban J connectivity index is 2.75. The number of aliphatic hydroxyl groups is 1. The van der Waals surface area contributed by atoms with Crippen molar-refractivity contribution >= 4 is 29.6 Å². The molecule has 0 saturated carbocycles. The van der Waals surface area contributed by atoms with Crippen molar-refractivity contribution in [3.05, 3.63) is 40.7 Å². The first-order valence-electron chi connectivity index (χ1n) is 5.61. The minimum atomic E-state index is -1.17. The lowest BCUT2D eigenvalue weighted by Gasteiger charge is -2.12. The van der Waals surface area contributed by atoms with Crippen molar-refractivity contribution in [3.8, 4) is 0 Å². The fourth-order valence-electron chi connectivity index (χ4n) is 1.37. The summed E-state index contributed by atoms with van der Waals surface area (Å²) < 4.78 is 17.8. The average Bonchev–Trinajstić information content (AvgIpc) is 2.43. The Hall–Kier alpha value is -1.92. The Labute approximate surface area is 120 Å². The van der Waals surface area contributed by atoms with E-state index in [1.54, 1.807) is 0 Å². The van der Waals surface area contributed by atoms with E-state index in [0.717, 1.165) is 13.2 Å². The van der Waals surface area contributed by atoms with Crippen LogP contribution in [0.25, 0.3) is 6.08 Å². The van der Waals surface area contributed by atoms with Gasteiger partial charge in [0.05, 0.1) is 18.7 Å². The molecule has 20 heavy (non-hydrogen) atoms. The lowest BCUT2D eigenvalue weighted by molar-refractivity contribution is -0.145. The summed E-state index contributed by atoms with van der Waals surface area (Å²) in [5, 5.41) is 11.3. The molecular weight excluding hydrogens is 289 g/mol. The van der Waals surface area contributed by atoms with E-state index in [9.17, 15) is 14.0 Å². The molecule has 0 heterocycles. The van der Waals surface area contributed by atoms with E-state index in [2.05, 4.69) is 10.1 Å². The van der Waals surface area contributed by atoms with Crippen molar-refractivity contribution < 1.29 is 23.8 Å². The van der Waals surface area contributed by atoms with Gasteiger partial charge in [-0.2, -0.15) is 0 Å². The second kappa shape index (κ2) is 7.62. The summed E-state index contributed by atoms with van der Waals surface area (Å²) in [6, 6.07) is 2.95. The third-order valence-electron chi connectivity index (χ3n) is 2.39. The molecule has 7 heteroatoms. The maximum atomic E-state index is 13.4. The van der Waals surface area contributed by atoms with Crippen LogP contribution in [0.2, 0.25) is 5.02 Å². The van der Waals surface area contributed by atoms with E-state index in [4.69, 9.17) is 16.7 Å². The smallest absolute Gasteiger partial charge is 0.330 e. The van der Waals surface area contributed by atoms with Crippen LogP contribution in [-0.2, 0) is 14.3 Å². The van der Waals surface area contributed by atoms with Crippen LogP contribution in [0.4, 0.5) is 4.39 Å². The number of aliphatic hydroxyl groups excluding tert-OH is 1. The van der Waals surface area contributed by atoms with Crippen molar-refractivity contribution in [2.24, 2.45) is 0 Å². The first-order valence-corrected chi connectivity index (χ1v) is 5.98. The number of hydrogen-bond donors (Lipinski definition) is 2. The van der Waals surface area contributed by atoms with E-state index in [-0.39, 0.29) is 10.6 Å². The van der Waals surface area contributed by atoms with Gasteiger partial charge in [-0.05, 0) is 18.2 Å². The second-order valence-corrected chi connectivity index (χ2v) is 4.14. The number of nitrogens with one attached hydrogen (secondary N) is 1. The number of ether oxygens (including phenoxy) is 1. The first kappa shape index (κ1) is 16.1. The minimum Gasteiger partial charge on any atom is -0.467 e. The molecular formula is C13H13ClFNO4. The molecule has 0 aromatic heterocycles. The molecule has 0 aliphatic rings. The predicted molar refractivity (Wildman–Crippen MR) is 71.5 cm³/mol. The summed E-state index contributed by atoms with van der Waals surface area (Å²) >= 11 is 5.78. The number of methoxy groups -OCH3 is 1. The SMILES string of the molecule is COC(=O)[C@@H](CO)NC(=O)/C=C/c1c(F)cccc1Cl. The van der Waals surface area contributed by atoms with E-state index in [1.165, 1.54) is 24.3 Å². The Bertz CT molecular complexity index is 513. The zero-order valence-electron chi connectivity index (χ0n) is 10.6. The molecule has 0 unspecified atom stereocenters. The highest BCUT2D eigenvalue weighted by Gasteiger charge is 2.19. The number of carbonyl (C=O) groups is 2. The highest BCUT2D eigenvalue weighted by atomic mass is 35.5. The Morgan fingerprint density at radius 1 is 1.55 bits per heavy atom. The topological polar surface area (TPSA) is 75.6 Å². The van der Waals surface area contributed by atoms with E-state index in [1.807, 2.05) is 0 Å². The van der Waals surface area contributed by atoms with E-state index < -0.39 is 30.3 Å². The summed E-state index contributed by atoms with van der Waals surface area (Å²) in [6.45, 7) is -0.604. The predicted octanol–water partition coefficient (Wildman–Crippen LogP) is 1.14. The standard InChI is InChI=1S/C13H13ClFNO4/c1-20-13(19)11(7-17)16-12(18)6-5-8-9(14)3-2-4-10(8)15/h2-6,11,17H,7H2,1H3,(H,16,18)/b6-5+/t11-/m1/s1. The van der Waals surface area contributed by atoms with Gasteiger partial charge in [-0.25, -0.2) is 9.18 Å². The molecule has 1 rings (SSSR count). The normalized spacial score (nSPS) is 12.2. The number of halogens is 2. The number of rotatable bonds is 5.